The maximum absolute atomic E-state index is 12.1. The molecule has 0 spiro atoms. The number of methoxy groups -OCH3 is 1. The molecule has 116 valence electrons. The summed E-state index contributed by atoms with van der Waals surface area (Å²) in [4.78, 5) is 22.0. The zero-order chi connectivity index (χ0) is 15.3. The van der Waals surface area contributed by atoms with Gasteiger partial charge in [-0.25, -0.2) is 8.42 Å². The molecule has 1 aliphatic rings. The van der Waals surface area contributed by atoms with Gasteiger partial charge in [0.05, 0.1) is 38.0 Å². The molecule has 2 atom stereocenters. The van der Waals surface area contributed by atoms with Crippen molar-refractivity contribution >= 4 is 22.0 Å². The summed E-state index contributed by atoms with van der Waals surface area (Å²) in [6.07, 6.45) is 0.137. The number of carboxylic acids is 1. The summed E-state index contributed by atoms with van der Waals surface area (Å²) in [5.41, 5.74) is 0. The van der Waals surface area contributed by atoms with Gasteiger partial charge in [0.25, 0.3) is 0 Å². The Kier molecular flexibility index (Phi) is 5.90. The van der Waals surface area contributed by atoms with E-state index in [1.807, 2.05) is 0 Å². The van der Waals surface area contributed by atoms with Gasteiger partial charge in [-0.1, -0.05) is 0 Å². The zero-order valence-corrected chi connectivity index (χ0v) is 12.3. The van der Waals surface area contributed by atoms with Gasteiger partial charge < -0.3 is 14.6 Å². The van der Waals surface area contributed by atoms with Crippen LogP contribution in [0.25, 0.3) is 0 Å². The van der Waals surface area contributed by atoms with Gasteiger partial charge in [-0.2, -0.15) is 4.31 Å². The topological polar surface area (TPSA) is 110 Å². The van der Waals surface area contributed by atoms with Crippen LogP contribution in [0, 0.1) is 5.92 Å². The number of likely N-dealkylation sites (N-methyl/N-ethyl adjacent to an activating group) is 1. The fourth-order valence-corrected chi connectivity index (χ4v) is 3.41. The third-order valence-electron chi connectivity index (χ3n) is 3.28. The van der Waals surface area contributed by atoms with Gasteiger partial charge in [0.1, 0.15) is 0 Å². The maximum Gasteiger partial charge on any atom is 0.310 e. The molecule has 0 amide bonds. The van der Waals surface area contributed by atoms with Crippen molar-refractivity contribution in [3.63, 3.8) is 0 Å². The molecule has 1 aliphatic heterocycles. The second-order valence-electron chi connectivity index (χ2n) is 4.56. The van der Waals surface area contributed by atoms with Crippen LogP contribution in [0.5, 0.6) is 0 Å². The predicted molar refractivity (Wildman–Crippen MR) is 68.5 cm³/mol. The SMILES string of the molecule is COC(=O)CCCS(=O)(=O)N(C)C1COCC1C(=O)O. The van der Waals surface area contributed by atoms with E-state index >= 15 is 0 Å². The number of esters is 1. The second-order valence-corrected chi connectivity index (χ2v) is 6.71. The first-order valence-electron chi connectivity index (χ1n) is 6.12. The summed E-state index contributed by atoms with van der Waals surface area (Å²) in [6.45, 7) is 0.0612. The Morgan fingerprint density at radius 2 is 2.05 bits per heavy atom. The molecule has 0 aromatic heterocycles. The molecule has 1 rings (SSSR count). The van der Waals surface area contributed by atoms with Crippen LogP contribution in [0.15, 0.2) is 0 Å². The van der Waals surface area contributed by atoms with E-state index in [1.165, 1.54) is 14.2 Å². The quantitative estimate of drug-likeness (QED) is 0.619. The van der Waals surface area contributed by atoms with Gasteiger partial charge in [0, 0.05) is 13.5 Å². The number of nitrogens with zero attached hydrogens (tertiary/aromatic N) is 1. The van der Waals surface area contributed by atoms with Crippen molar-refractivity contribution in [2.75, 3.05) is 33.1 Å². The van der Waals surface area contributed by atoms with Crippen LogP contribution in [0.4, 0.5) is 0 Å². The van der Waals surface area contributed by atoms with Crippen LogP contribution >= 0.6 is 0 Å². The molecular formula is C11H19NO7S. The number of aliphatic carboxylic acids is 1. The minimum absolute atomic E-state index is 0.00200. The van der Waals surface area contributed by atoms with Crippen LogP contribution in [-0.2, 0) is 29.1 Å². The molecule has 0 aromatic carbocycles. The van der Waals surface area contributed by atoms with Gasteiger partial charge >= 0.3 is 11.9 Å². The van der Waals surface area contributed by atoms with Crippen molar-refractivity contribution < 1.29 is 32.6 Å². The average molecular weight is 309 g/mol. The molecule has 1 fully saturated rings. The van der Waals surface area contributed by atoms with E-state index in [0.29, 0.717) is 0 Å². The summed E-state index contributed by atoms with van der Waals surface area (Å²) in [5, 5.41) is 9.02. The Labute approximate surface area is 117 Å². The number of sulfonamides is 1. The smallest absolute Gasteiger partial charge is 0.310 e. The van der Waals surface area contributed by atoms with Gasteiger partial charge in [0.15, 0.2) is 0 Å². The largest absolute Gasteiger partial charge is 0.481 e. The lowest BCUT2D eigenvalue weighted by molar-refractivity contribution is -0.142. The van der Waals surface area contributed by atoms with E-state index in [0.717, 1.165) is 4.31 Å². The van der Waals surface area contributed by atoms with Crippen LogP contribution in [-0.4, -0.2) is 68.9 Å². The molecule has 9 heteroatoms. The summed E-state index contributed by atoms with van der Waals surface area (Å²) >= 11 is 0. The average Bonchev–Trinajstić information content (AvgIpc) is 2.86. The van der Waals surface area contributed by atoms with Gasteiger partial charge in [-0.3, -0.25) is 9.59 Å². The molecule has 0 saturated carbocycles. The van der Waals surface area contributed by atoms with Gasteiger partial charge in [-0.05, 0) is 6.42 Å². The second kappa shape index (κ2) is 7.00. The number of carbonyl (C=O) groups excluding carboxylic acids is 1. The van der Waals surface area contributed by atoms with Crippen molar-refractivity contribution in [1.82, 2.24) is 4.31 Å². The lowest BCUT2D eigenvalue weighted by Gasteiger charge is -2.25. The molecule has 20 heavy (non-hydrogen) atoms. The standard InChI is InChI=1S/C11H19NO7S/c1-12(9-7-19-6-8(9)11(14)15)20(16,17)5-3-4-10(13)18-2/h8-9H,3-7H2,1-2H3,(H,14,15). The Morgan fingerprint density at radius 3 is 2.60 bits per heavy atom. The lowest BCUT2D eigenvalue weighted by atomic mass is 10.1. The fourth-order valence-electron chi connectivity index (χ4n) is 1.99. The Balaban J connectivity index is 2.62. The molecule has 0 aromatic rings. The first-order chi connectivity index (χ1) is 9.29. The van der Waals surface area contributed by atoms with Crippen molar-refractivity contribution in [2.24, 2.45) is 5.92 Å². The highest BCUT2D eigenvalue weighted by Crippen LogP contribution is 2.22. The lowest BCUT2D eigenvalue weighted by Crippen LogP contribution is -2.44. The molecule has 1 saturated heterocycles. The van der Waals surface area contributed by atoms with Gasteiger partial charge in [0.2, 0.25) is 10.0 Å². The van der Waals surface area contributed by atoms with Crippen molar-refractivity contribution in [3.05, 3.63) is 0 Å². The van der Waals surface area contributed by atoms with E-state index < -0.39 is 33.9 Å². The minimum atomic E-state index is -3.63. The molecule has 0 radical (unpaired) electrons. The summed E-state index contributed by atoms with van der Waals surface area (Å²) in [5.74, 6) is -2.66. The molecule has 0 bridgehead atoms. The molecule has 1 heterocycles. The summed E-state index contributed by atoms with van der Waals surface area (Å²) in [6, 6.07) is -0.712. The highest BCUT2D eigenvalue weighted by Gasteiger charge is 2.40. The Hall–Kier alpha value is -1.19. The third kappa shape index (κ3) is 4.15. The highest BCUT2D eigenvalue weighted by atomic mass is 32.2. The first-order valence-corrected chi connectivity index (χ1v) is 7.73. The number of rotatable bonds is 7. The molecule has 0 aliphatic carbocycles. The van der Waals surface area contributed by atoms with E-state index in [1.54, 1.807) is 0 Å². The fraction of sp³-hybridized carbons (Fsp3) is 0.818. The highest BCUT2D eigenvalue weighted by molar-refractivity contribution is 7.89. The monoisotopic (exact) mass is 309 g/mol. The molecular weight excluding hydrogens is 290 g/mol. The van der Waals surface area contributed by atoms with Crippen molar-refractivity contribution in [3.8, 4) is 0 Å². The van der Waals surface area contributed by atoms with Crippen molar-refractivity contribution in [2.45, 2.75) is 18.9 Å². The molecule has 8 nitrogen and oxygen atoms in total. The number of carboxylic acid groups (broad SMARTS) is 1. The number of hydrogen-bond donors (Lipinski definition) is 1. The molecule has 2 unspecified atom stereocenters. The first kappa shape index (κ1) is 16.9. The number of carbonyl (C=O) groups is 2. The minimum Gasteiger partial charge on any atom is -0.481 e. The Bertz CT molecular complexity index is 461. The molecule has 1 N–H and O–H groups in total. The van der Waals surface area contributed by atoms with Gasteiger partial charge in [-0.15, -0.1) is 0 Å². The van der Waals surface area contributed by atoms with E-state index in [4.69, 9.17) is 9.84 Å². The van der Waals surface area contributed by atoms with Crippen LogP contribution in [0.1, 0.15) is 12.8 Å². The zero-order valence-electron chi connectivity index (χ0n) is 11.4. The third-order valence-corrected chi connectivity index (χ3v) is 5.24. The van der Waals surface area contributed by atoms with E-state index in [-0.39, 0.29) is 31.8 Å². The van der Waals surface area contributed by atoms with Crippen molar-refractivity contribution in [1.29, 1.82) is 0 Å². The maximum atomic E-state index is 12.1. The Morgan fingerprint density at radius 1 is 1.40 bits per heavy atom. The van der Waals surface area contributed by atoms with Crippen LogP contribution < -0.4 is 0 Å². The van der Waals surface area contributed by atoms with Crippen LogP contribution in [0.2, 0.25) is 0 Å². The summed E-state index contributed by atoms with van der Waals surface area (Å²) in [7, 11) is -1.06. The number of hydrogen-bond acceptors (Lipinski definition) is 6. The summed E-state index contributed by atoms with van der Waals surface area (Å²) < 4.78 is 34.7. The van der Waals surface area contributed by atoms with E-state index in [9.17, 15) is 18.0 Å². The predicted octanol–water partition coefficient (Wildman–Crippen LogP) is -0.699. The normalized spacial score (nSPS) is 22.9. The van der Waals surface area contributed by atoms with Crippen LogP contribution in [0.3, 0.4) is 0 Å². The van der Waals surface area contributed by atoms with E-state index in [2.05, 4.69) is 4.74 Å². The number of ether oxygens (including phenoxy) is 2.